The van der Waals surface area contributed by atoms with Crippen molar-refractivity contribution in [2.45, 2.75) is 19.8 Å². The van der Waals surface area contributed by atoms with E-state index in [0.29, 0.717) is 12.6 Å². The fourth-order valence-electron chi connectivity index (χ4n) is 2.46. The number of ether oxygens (including phenoxy) is 1. The average Bonchev–Trinajstić information content (AvgIpc) is 3.05. The number of aromatic amines is 1. The predicted molar refractivity (Wildman–Crippen MR) is 73.5 cm³/mol. The summed E-state index contributed by atoms with van der Waals surface area (Å²) in [5.41, 5.74) is 2.50. The van der Waals surface area contributed by atoms with Gasteiger partial charge >= 0.3 is 6.01 Å². The molecule has 1 amide bonds. The topological polar surface area (TPSA) is 79.9 Å². The molecule has 2 aromatic rings. The van der Waals surface area contributed by atoms with Gasteiger partial charge in [0, 0.05) is 5.92 Å². The summed E-state index contributed by atoms with van der Waals surface area (Å²) >= 11 is 0. The number of benzene rings is 1. The van der Waals surface area contributed by atoms with Crippen molar-refractivity contribution in [1.29, 1.82) is 0 Å². The molecular formula is C14H16N4O2. The van der Waals surface area contributed by atoms with Crippen LogP contribution in [0.25, 0.3) is 0 Å². The number of aromatic nitrogens is 3. The molecule has 0 bridgehead atoms. The number of hydrogen-bond acceptors (Lipinski definition) is 4. The van der Waals surface area contributed by atoms with Crippen molar-refractivity contribution in [3.63, 3.8) is 0 Å². The van der Waals surface area contributed by atoms with Crippen LogP contribution < -0.4 is 10.1 Å². The normalized spacial score (nSPS) is 14.1. The number of amides is 1. The molecule has 0 fully saturated rings. The number of fused-ring (bicyclic) bond motifs is 1. The molecule has 1 aromatic heterocycles. The smallest absolute Gasteiger partial charge is 0.337 e. The molecule has 1 heterocycles. The summed E-state index contributed by atoms with van der Waals surface area (Å²) in [4.78, 5) is 16.3. The van der Waals surface area contributed by atoms with Gasteiger partial charge in [0.25, 0.3) is 0 Å². The standard InChI is InChI=1S/C14H16N4O2/c1-2-20-14-16-13(17-18-14)15-12(19)11-7-9-5-3-4-6-10(9)8-11/h3-6,11H,2,7-8H2,1H3,(H2,15,16,17,18,19). The van der Waals surface area contributed by atoms with Crippen molar-refractivity contribution in [2.75, 3.05) is 11.9 Å². The monoisotopic (exact) mass is 272 g/mol. The van der Waals surface area contributed by atoms with Crippen LogP contribution in [0.15, 0.2) is 24.3 Å². The van der Waals surface area contributed by atoms with Crippen molar-refractivity contribution < 1.29 is 9.53 Å². The summed E-state index contributed by atoms with van der Waals surface area (Å²) in [6, 6.07) is 8.40. The summed E-state index contributed by atoms with van der Waals surface area (Å²) in [5, 5.41) is 9.25. The first kappa shape index (κ1) is 12.7. The maximum Gasteiger partial charge on any atom is 0.337 e. The number of carbonyl (C=O) groups is 1. The number of nitrogens with zero attached hydrogens (tertiary/aromatic N) is 2. The maximum absolute atomic E-state index is 12.2. The molecule has 0 atom stereocenters. The highest BCUT2D eigenvalue weighted by Crippen LogP contribution is 2.27. The molecule has 1 aliphatic rings. The first-order chi connectivity index (χ1) is 9.76. The first-order valence-electron chi connectivity index (χ1n) is 6.69. The highest BCUT2D eigenvalue weighted by atomic mass is 16.5. The number of rotatable bonds is 4. The third-order valence-corrected chi connectivity index (χ3v) is 3.40. The number of nitrogens with one attached hydrogen (secondary N) is 2. The van der Waals surface area contributed by atoms with Gasteiger partial charge in [-0.25, -0.2) is 5.10 Å². The maximum atomic E-state index is 12.2. The lowest BCUT2D eigenvalue weighted by molar-refractivity contribution is -0.119. The van der Waals surface area contributed by atoms with Gasteiger partial charge in [-0.1, -0.05) is 24.3 Å². The lowest BCUT2D eigenvalue weighted by atomic mass is 10.1. The van der Waals surface area contributed by atoms with Gasteiger partial charge in [0.15, 0.2) is 0 Å². The Bertz CT molecular complexity index is 598. The van der Waals surface area contributed by atoms with E-state index in [1.54, 1.807) is 0 Å². The van der Waals surface area contributed by atoms with Gasteiger partial charge in [0.05, 0.1) is 6.61 Å². The molecule has 0 saturated heterocycles. The van der Waals surface area contributed by atoms with Crippen LogP contribution in [-0.2, 0) is 17.6 Å². The van der Waals surface area contributed by atoms with E-state index in [0.717, 1.165) is 12.8 Å². The summed E-state index contributed by atoms with van der Waals surface area (Å²) in [6.07, 6.45) is 1.54. The van der Waals surface area contributed by atoms with Crippen molar-refractivity contribution in [3.8, 4) is 6.01 Å². The van der Waals surface area contributed by atoms with Crippen LogP contribution in [-0.4, -0.2) is 27.7 Å². The zero-order chi connectivity index (χ0) is 13.9. The minimum absolute atomic E-state index is 0.0413. The van der Waals surface area contributed by atoms with Gasteiger partial charge in [-0.3, -0.25) is 10.1 Å². The van der Waals surface area contributed by atoms with Crippen LogP contribution in [0.5, 0.6) is 6.01 Å². The molecule has 20 heavy (non-hydrogen) atoms. The van der Waals surface area contributed by atoms with Crippen LogP contribution in [0.3, 0.4) is 0 Å². The average molecular weight is 272 g/mol. The predicted octanol–water partition coefficient (Wildman–Crippen LogP) is 1.56. The Kier molecular flexibility index (Phi) is 3.37. The van der Waals surface area contributed by atoms with Crippen LogP contribution >= 0.6 is 0 Å². The van der Waals surface area contributed by atoms with Crippen molar-refractivity contribution in [1.82, 2.24) is 15.2 Å². The minimum atomic E-state index is -0.0481. The molecule has 0 aliphatic heterocycles. The van der Waals surface area contributed by atoms with Gasteiger partial charge in [-0.2, -0.15) is 4.98 Å². The Morgan fingerprint density at radius 2 is 2.10 bits per heavy atom. The molecule has 104 valence electrons. The molecule has 1 aliphatic carbocycles. The van der Waals surface area contributed by atoms with Gasteiger partial charge in [-0.05, 0) is 30.9 Å². The van der Waals surface area contributed by atoms with Crippen molar-refractivity contribution in [3.05, 3.63) is 35.4 Å². The van der Waals surface area contributed by atoms with Gasteiger partial charge < -0.3 is 4.74 Å². The third-order valence-electron chi connectivity index (χ3n) is 3.40. The molecule has 2 N–H and O–H groups in total. The fourth-order valence-corrected chi connectivity index (χ4v) is 2.46. The summed E-state index contributed by atoms with van der Waals surface area (Å²) in [5.74, 6) is 0.239. The van der Waals surface area contributed by atoms with Gasteiger partial charge in [0.1, 0.15) is 0 Å². The molecule has 0 saturated carbocycles. The second-order valence-electron chi connectivity index (χ2n) is 4.76. The van der Waals surface area contributed by atoms with Crippen molar-refractivity contribution in [2.24, 2.45) is 5.92 Å². The van der Waals surface area contributed by atoms with Gasteiger partial charge in [-0.15, -0.1) is 5.10 Å². The molecular weight excluding hydrogens is 256 g/mol. The van der Waals surface area contributed by atoms with Crippen LogP contribution in [0.1, 0.15) is 18.1 Å². The van der Waals surface area contributed by atoms with Crippen molar-refractivity contribution >= 4 is 11.9 Å². The van der Waals surface area contributed by atoms with E-state index in [1.807, 2.05) is 19.1 Å². The summed E-state index contributed by atoms with van der Waals surface area (Å²) in [6.45, 7) is 2.34. The summed E-state index contributed by atoms with van der Waals surface area (Å²) < 4.78 is 5.14. The lowest BCUT2D eigenvalue weighted by Crippen LogP contribution is -2.23. The minimum Gasteiger partial charge on any atom is -0.463 e. The molecule has 0 unspecified atom stereocenters. The third kappa shape index (κ3) is 2.49. The quantitative estimate of drug-likeness (QED) is 0.885. The second-order valence-corrected chi connectivity index (χ2v) is 4.76. The van der Waals surface area contributed by atoms with Gasteiger partial charge in [0.2, 0.25) is 11.9 Å². The molecule has 6 heteroatoms. The van der Waals surface area contributed by atoms with E-state index in [9.17, 15) is 4.79 Å². The number of H-pyrrole nitrogens is 1. The molecule has 6 nitrogen and oxygen atoms in total. The Morgan fingerprint density at radius 1 is 1.40 bits per heavy atom. The SMILES string of the molecule is CCOc1n[nH]c(NC(=O)C2Cc3ccccc3C2)n1. The Morgan fingerprint density at radius 3 is 2.75 bits per heavy atom. The zero-order valence-corrected chi connectivity index (χ0v) is 11.2. The second kappa shape index (κ2) is 5.32. The zero-order valence-electron chi connectivity index (χ0n) is 11.2. The van der Waals surface area contributed by atoms with E-state index < -0.39 is 0 Å². The highest BCUT2D eigenvalue weighted by Gasteiger charge is 2.27. The van der Waals surface area contributed by atoms with E-state index in [4.69, 9.17) is 4.74 Å². The fraction of sp³-hybridized carbons (Fsp3) is 0.357. The molecule has 3 rings (SSSR count). The largest absolute Gasteiger partial charge is 0.463 e. The lowest BCUT2D eigenvalue weighted by Gasteiger charge is -2.07. The number of hydrogen-bond donors (Lipinski definition) is 2. The number of carbonyl (C=O) groups excluding carboxylic acids is 1. The number of anilines is 1. The van der Waals surface area contributed by atoms with E-state index >= 15 is 0 Å². The van der Waals surface area contributed by atoms with E-state index in [2.05, 4.69) is 32.6 Å². The van der Waals surface area contributed by atoms with E-state index in [1.165, 1.54) is 11.1 Å². The van der Waals surface area contributed by atoms with Crippen LogP contribution in [0.2, 0.25) is 0 Å². The molecule has 0 radical (unpaired) electrons. The molecule has 1 aromatic carbocycles. The van der Waals surface area contributed by atoms with Crippen LogP contribution in [0.4, 0.5) is 5.95 Å². The Labute approximate surface area is 116 Å². The van der Waals surface area contributed by atoms with Crippen LogP contribution in [0, 0.1) is 5.92 Å². The molecule has 0 spiro atoms. The Balaban J connectivity index is 1.63. The first-order valence-corrected chi connectivity index (χ1v) is 6.69. The highest BCUT2D eigenvalue weighted by molar-refractivity contribution is 5.91. The van der Waals surface area contributed by atoms with E-state index in [-0.39, 0.29) is 17.8 Å². The Hall–Kier alpha value is -2.37. The summed E-state index contributed by atoms with van der Waals surface area (Å²) in [7, 11) is 0.